The van der Waals surface area contributed by atoms with E-state index in [1.54, 1.807) is 17.0 Å². The molecule has 1 aliphatic rings. The van der Waals surface area contributed by atoms with Gasteiger partial charge >= 0.3 is 0 Å². The lowest BCUT2D eigenvalue weighted by Gasteiger charge is -2.26. The molecule has 0 radical (unpaired) electrons. The third-order valence-electron chi connectivity index (χ3n) is 3.10. The molecule has 0 atom stereocenters. The van der Waals surface area contributed by atoms with Crippen molar-refractivity contribution in [3.8, 4) is 0 Å². The molecule has 0 aromatic carbocycles. The fourth-order valence-electron chi connectivity index (χ4n) is 1.99. The summed E-state index contributed by atoms with van der Waals surface area (Å²) < 4.78 is 11.3. The Morgan fingerprint density at radius 1 is 1.47 bits per heavy atom. The minimum Gasteiger partial charge on any atom is -0.337 e. The summed E-state index contributed by atoms with van der Waals surface area (Å²) in [5.74, 6) is 6.91. The average Bonchev–Trinajstić information content (AvgIpc) is 2.46. The molecule has 0 saturated carbocycles. The van der Waals surface area contributed by atoms with Crippen molar-refractivity contribution in [1.82, 2.24) is 9.88 Å². The monoisotopic (exact) mass is 282 g/mol. The Bertz CT molecular complexity index is 474. The second kappa shape index (κ2) is 6.12. The van der Waals surface area contributed by atoms with E-state index in [4.69, 9.17) is 5.84 Å². The molecule has 2 rings (SSSR count). The van der Waals surface area contributed by atoms with Crippen molar-refractivity contribution in [3.63, 3.8) is 0 Å². The van der Waals surface area contributed by atoms with E-state index in [-0.39, 0.29) is 5.91 Å². The number of nitrogen functional groups attached to an aromatic ring is 1. The number of hydrazine groups is 1. The third-order valence-corrected chi connectivity index (χ3v) is 4.38. The summed E-state index contributed by atoms with van der Waals surface area (Å²) in [6.07, 6.45) is 0.736. The van der Waals surface area contributed by atoms with Gasteiger partial charge in [0.15, 0.2) is 0 Å². The topological polar surface area (TPSA) is 88.3 Å². The maximum atomic E-state index is 12.4. The zero-order chi connectivity index (χ0) is 13.8. The maximum absolute atomic E-state index is 12.4. The number of amides is 1. The number of nitrogens with two attached hydrogens (primary N) is 1. The number of nitrogens with one attached hydrogen (secondary N) is 1. The minimum atomic E-state index is -0.784. The molecule has 1 fully saturated rings. The zero-order valence-corrected chi connectivity index (χ0v) is 11.7. The lowest BCUT2D eigenvalue weighted by atomic mass is 10.1. The molecule has 1 aromatic heterocycles. The summed E-state index contributed by atoms with van der Waals surface area (Å²) in [5, 5.41) is 0. The largest absolute Gasteiger partial charge is 0.337 e. The molecule has 0 unspecified atom stereocenters. The molecule has 19 heavy (non-hydrogen) atoms. The highest BCUT2D eigenvalue weighted by atomic mass is 32.2. The van der Waals surface area contributed by atoms with Crippen LogP contribution in [0.2, 0.25) is 0 Å². The molecule has 0 spiro atoms. The molecule has 0 aliphatic carbocycles. The van der Waals surface area contributed by atoms with E-state index in [0.717, 1.165) is 12.1 Å². The first-order chi connectivity index (χ1) is 9.13. The van der Waals surface area contributed by atoms with Crippen molar-refractivity contribution in [3.05, 3.63) is 23.4 Å². The highest BCUT2D eigenvalue weighted by molar-refractivity contribution is 7.85. The Morgan fingerprint density at radius 2 is 2.16 bits per heavy atom. The number of hydrogen-bond acceptors (Lipinski definition) is 5. The predicted octanol–water partition coefficient (Wildman–Crippen LogP) is 0.134. The molecule has 1 amide bonds. The van der Waals surface area contributed by atoms with Gasteiger partial charge in [-0.25, -0.2) is 10.8 Å². The number of anilines is 1. The van der Waals surface area contributed by atoms with Crippen LogP contribution < -0.4 is 11.3 Å². The molecule has 3 N–H and O–H groups in total. The van der Waals surface area contributed by atoms with Crippen LogP contribution >= 0.6 is 0 Å². The molecule has 1 aromatic rings. The number of aromatic nitrogens is 1. The number of hydrogen-bond donors (Lipinski definition) is 2. The van der Waals surface area contributed by atoms with Crippen LogP contribution in [-0.2, 0) is 17.2 Å². The summed E-state index contributed by atoms with van der Waals surface area (Å²) in [6, 6.07) is 3.43. The van der Waals surface area contributed by atoms with Gasteiger partial charge in [-0.15, -0.1) is 0 Å². The van der Waals surface area contributed by atoms with Crippen LogP contribution in [0.4, 0.5) is 5.82 Å². The number of aryl methyl sites for hydroxylation is 1. The first kappa shape index (κ1) is 14.0. The smallest absolute Gasteiger partial charge is 0.254 e. The Balaban J connectivity index is 2.20. The van der Waals surface area contributed by atoms with E-state index in [1.165, 1.54) is 0 Å². The molecule has 1 saturated heterocycles. The van der Waals surface area contributed by atoms with Crippen molar-refractivity contribution in [1.29, 1.82) is 0 Å². The van der Waals surface area contributed by atoms with Crippen molar-refractivity contribution >= 4 is 22.5 Å². The third kappa shape index (κ3) is 3.30. The first-order valence-electron chi connectivity index (χ1n) is 6.26. The molecule has 104 valence electrons. The van der Waals surface area contributed by atoms with Crippen molar-refractivity contribution in [2.24, 2.45) is 5.84 Å². The van der Waals surface area contributed by atoms with E-state index >= 15 is 0 Å². The van der Waals surface area contributed by atoms with Crippen LogP contribution in [0.1, 0.15) is 23.0 Å². The zero-order valence-electron chi connectivity index (χ0n) is 10.9. The molecular formula is C12H18N4O2S. The van der Waals surface area contributed by atoms with E-state index in [1.807, 2.05) is 6.92 Å². The summed E-state index contributed by atoms with van der Waals surface area (Å²) in [5.41, 5.74) is 3.87. The van der Waals surface area contributed by atoms with Gasteiger partial charge in [-0.3, -0.25) is 9.00 Å². The lowest BCUT2D eigenvalue weighted by Crippen LogP contribution is -2.41. The Labute approximate surface area is 114 Å². The molecule has 0 bridgehead atoms. The van der Waals surface area contributed by atoms with Crippen molar-refractivity contribution in [2.45, 2.75) is 13.3 Å². The van der Waals surface area contributed by atoms with Crippen LogP contribution in [0.15, 0.2) is 12.1 Å². The molecule has 7 heteroatoms. The highest BCUT2D eigenvalue weighted by Gasteiger charge is 2.22. The van der Waals surface area contributed by atoms with Gasteiger partial charge in [0.2, 0.25) is 0 Å². The SMILES string of the molecule is CCc1cc(C(=O)N2CCS(=O)CC2)cc(NN)n1. The molecule has 2 heterocycles. The van der Waals surface area contributed by atoms with Gasteiger partial charge in [0.05, 0.1) is 0 Å². The molecule has 6 nitrogen and oxygen atoms in total. The van der Waals surface area contributed by atoms with Crippen LogP contribution in [0.3, 0.4) is 0 Å². The summed E-state index contributed by atoms with van der Waals surface area (Å²) in [7, 11) is -0.784. The molecular weight excluding hydrogens is 264 g/mol. The van der Waals surface area contributed by atoms with Gasteiger partial charge in [0.25, 0.3) is 5.91 Å². The highest BCUT2D eigenvalue weighted by Crippen LogP contribution is 2.14. The van der Waals surface area contributed by atoms with Gasteiger partial charge in [0, 0.05) is 46.7 Å². The minimum absolute atomic E-state index is 0.0506. The second-order valence-corrected chi connectivity index (χ2v) is 6.07. The number of carbonyl (C=O) groups is 1. The average molecular weight is 282 g/mol. The number of nitrogens with zero attached hydrogens (tertiary/aromatic N) is 2. The van der Waals surface area contributed by atoms with E-state index < -0.39 is 10.8 Å². The Hall–Kier alpha value is -1.47. The van der Waals surface area contributed by atoms with Gasteiger partial charge in [0.1, 0.15) is 5.82 Å². The fourth-order valence-corrected chi connectivity index (χ4v) is 3.04. The van der Waals surface area contributed by atoms with E-state index in [9.17, 15) is 9.00 Å². The standard InChI is InChI=1S/C12H18N4O2S/c1-2-10-7-9(8-11(14-10)15-13)12(17)16-3-5-19(18)6-4-16/h7-8H,2-6,13H2,1H3,(H,14,15). The summed E-state index contributed by atoms with van der Waals surface area (Å²) >= 11 is 0. The van der Waals surface area contributed by atoms with Gasteiger partial charge in [-0.1, -0.05) is 6.92 Å². The Kier molecular flexibility index (Phi) is 4.49. The second-order valence-electron chi connectivity index (χ2n) is 4.37. The van der Waals surface area contributed by atoms with Crippen molar-refractivity contribution in [2.75, 3.05) is 30.0 Å². The van der Waals surface area contributed by atoms with E-state index in [0.29, 0.717) is 36.0 Å². The Morgan fingerprint density at radius 3 is 2.74 bits per heavy atom. The van der Waals surface area contributed by atoms with Crippen LogP contribution in [-0.4, -0.2) is 44.6 Å². The van der Waals surface area contributed by atoms with Gasteiger partial charge < -0.3 is 10.3 Å². The van der Waals surface area contributed by atoms with Crippen LogP contribution in [0.5, 0.6) is 0 Å². The quantitative estimate of drug-likeness (QED) is 0.608. The van der Waals surface area contributed by atoms with Crippen LogP contribution in [0.25, 0.3) is 0 Å². The fraction of sp³-hybridized carbons (Fsp3) is 0.500. The van der Waals surface area contributed by atoms with Crippen molar-refractivity contribution < 1.29 is 9.00 Å². The number of carbonyl (C=O) groups excluding carboxylic acids is 1. The summed E-state index contributed by atoms with van der Waals surface area (Å²) in [6.45, 7) is 3.06. The lowest BCUT2D eigenvalue weighted by molar-refractivity contribution is 0.0771. The van der Waals surface area contributed by atoms with Crippen LogP contribution in [0, 0.1) is 0 Å². The van der Waals surface area contributed by atoms with E-state index in [2.05, 4.69) is 10.4 Å². The first-order valence-corrected chi connectivity index (χ1v) is 7.74. The van der Waals surface area contributed by atoms with Gasteiger partial charge in [-0.2, -0.15) is 0 Å². The molecule has 1 aliphatic heterocycles. The predicted molar refractivity (Wildman–Crippen MR) is 75.2 cm³/mol. The maximum Gasteiger partial charge on any atom is 0.254 e. The normalized spacial score (nSPS) is 16.4. The van der Waals surface area contributed by atoms with Gasteiger partial charge in [-0.05, 0) is 18.6 Å². The number of pyridine rings is 1. The summed E-state index contributed by atoms with van der Waals surface area (Å²) in [4.78, 5) is 18.4. The number of rotatable bonds is 3.